The fraction of sp³-hybridized carbons (Fsp3) is 0.167. The first-order valence-electron chi connectivity index (χ1n) is 7.83. The lowest BCUT2D eigenvalue weighted by Gasteiger charge is -2.13. The monoisotopic (exact) mass is 355 g/mol. The standard InChI is InChI=1S/C18H14ClN3O3/c1-2-25-18(24)13-9-20-16-15-4-3-7-21(15)10-11-8-12(19)5-6-14(11)22(16)17(13)23/h3-9H,2,10H2,1H3. The lowest BCUT2D eigenvalue weighted by molar-refractivity contribution is 0.0523. The number of carbonyl (C=O) groups excluding carboxylic acids is 1. The minimum Gasteiger partial charge on any atom is -0.462 e. The number of halogens is 1. The van der Waals surface area contributed by atoms with E-state index in [4.69, 9.17) is 16.3 Å². The van der Waals surface area contributed by atoms with Crippen LogP contribution in [0.5, 0.6) is 0 Å². The summed E-state index contributed by atoms with van der Waals surface area (Å²) in [6.07, 6.45) is 3.20. The number of aromatic nitrogens is 3. The summed E-state index contributed by atoms with van der Waals surface area (Å²) >= 11 is 6.13. The van der Waals surface area contributed by atoms with Crippen molar-refractivity contribution in [3.8, 4) is 17.2 Å². The zero-order valence-corrected chi connectivity index (χ0v) is 14.2. The lowest BCUT2D eigenvalue weighted by Crippen LogP contribution is -2.28. The predicted molar refractivity (Wildman–Crippen MR) is 93.3 cm³/mol. The quantitative estimate of drug-likeness (QED) is 0.518. The molecule has 0 fully saturated rings. The molecule has 0 amide bonds. The van der Waals surface area contributed by atoms with Gasteiger partial charge >= 0.3 is 5.97 Å². The molecule has 2 aromatic heterocycles. The van der Waals surface area contributed by atoms with Gasteiger partial charge in [0.25, 0.3) is 5.56 Å². The molecule has 0 atom stereocenters. The van der Waals surface area contributed by atoms with E-state index in [0.29, 0.717) is 23.1 Å². The van der Waals surface area contributed by atoms with Gasteiger partial charge in [-0.05, 0) is 42.8 Å². The van der Waals surface area contributed by atoms with E-state index in [0.717, 1.165) is 11.3 Å². The van der Waals surface area contributed by atoms with E-state index in [1.165, 1.54) is 10.8 Å². The second-order valence-corrected chi connectivity index (χ2v) is 6.09. The third kappa shape index (κ3) is 2.46. The summed E-state index contributed by atoms with van der Waals surface area (Å²) in [6.45, 7) is 2.43. The van der Waals surface area contributed by atoms with Gasteiger partial charge in [0.1, 0.15) is 5.56 Å². The van der Waals surface area contributed by atoms with E-state index in [1.807, 2.05) is 29.0 Å². The number of fused-ring (bicyclic) bond motifs is 5. The zero-order valence-electron chi connectivity index (χ0n) is 13.4. The summed E-state index contributed by atoms with van der Waals surface area (Å²) in [5.41, 5.74) is 1.77. The number of benzene rings is 1. The molecule has 0 unspecified atom stereocenters. The Balaban J connectivity index is 2.06. The fourth-order valence-corrected chi connectivity index (χ4v) is 3.24. The molecule has 25 heavy (non-hydrogen) atoms. The molecule has 126 valence electrons. The van der Waals surface area contributed by atoms with Gasteiger partial charge in [0.05, 0.1) is 18.0 Å². The van der Waals surface area contributed by atoms with E-state index in [2.05, 4.69) is 4.98 Å². The molecule has 1 aliphatic rings. The molecule has 0 radical (unpaired) electrons. The molecule has 0 spiro atoms. The number of rotatable bonds is 2. The van der Waals surface area contributed by atoms with Crippen LogP contribution in [0.4, 0.5) is 0 Å². The van der Waals surface area contributed by atoms with Crippen LogP contribution in [-0.4, -0.2) is 26.7 Å². The van der Waals surface area contributed by atoms with Crippen LogP contribution in [-0.2, 0) is 11.3 Å². The molecule has 0 N–H and O–H groups in total. The van der Waals surface area contributed by atoms with Gasteiger partial charge in [-0.1, -0.05) is 11.6 Å². The average Bonchev–Trinajstić information content (AvgIpc) is 2.99. The molecule has 1 aromatic carbocycles. The van der Waals surface area contributed by atoms with Crippen LogP contribution in [0.15, 0.2) is 47.5 Å². The van der Waals surface area contributed by atoms with Crippen molar-refractivity contribution in [2.75, 3.05) is 6.61 Å². The average molecular weight is 356 g/mol. The first-order chi connectivity index (χ1) is 12.1. The van der Waals surface area contributed by atoms with Crippen molar-refractivity contribution in [2.24, 2.45) is 0 Å². The number of carbonyl (C=O) groups is 1. The Kier molecular flexibility index (Phi) is 3.69. The van der Waals surface area contributed by atoms with Gasteiger partial charge in [0, 0.05) is 24.0 Å². The minimum atomic E-state index is -0.676. The summed E-state index contributed by atoms with van der Waals surface area (Å²) in [4.78, 5) is 29.5. The van der Waals surface area contributed by atoms with Gasteiger partial charge in [-0.25, -0.2) is 9.78 Å². The van der Waals surface area contributed by atoms with Crippen LogP contribution in [0.3, 0.4) is 0 Å². The van der Waals surface area contributed by atoms with E-state index in [1.54, 1.807) is 19.1 Å². The Hall–Kier alpha value is -2.86. The second kappa shape index (κ2) is 5.89. The molecule has 1 aliphatic heterocycles. The maximum Gasteiger partial charge on any atom is 0.345 e. The van der Waals surface area contributed by atoms with Gasteiger partial charge in [0.2, 0.25) is 0 Å². The smallest absolute Gasteiger partial charge is 0.345 e. The van der Waals surface area contributed by atoms with Crippen LogP contribution in [0, 0.1) is 0 Å². The van der Waals surface area contributed by atoms with E-state index in [-0.39, 0.29) is 12.2 Å². The van der Waals surface area contributed by atoms with Crippen LogP contribution in [0.2, 0.25) is 5.02 Å². The van der Waals surface area contributed by atoms with Crippen molar-refractivity contribution in [1.29, 1.82) is 0 Å². The van der Waals surface area contributed by atoms with Crippen LogP contribution >= 0.6 is 11.6 Å². The third-order valence-corrected chi connectivity index (χ3v) is 4.37. The first-order valence-corrected chi connectivity index (χ1v) is 8.21. The topological polar surface area (TPSA) is 66.1 Å². The van der Waals surface area contributed by atoms with E-state index in [9.17, 15) is 9.59 Å². The highest BCUT2D eigenvalue weighted by molar-refractivity contribution is 6.30. The van der Waals surface area contributed by atoms with Gasteiger partial charge in [-0.15, -0.1) is 0 Å². The van der Waals surface area contributed by atoms with Crippen LogP contribution < -0.4 is 5.56 Å². The minimum absolute atomic E-state index is 0.0912. The fourth-order valence-electron chi connectivity index (χ4n) is 3.05. The molecule has 4 rings (SSSR count). The molecule has 0 aliphatic carbocycles. The van der Waals surface area contributed by atoms with Crippen molar-refractivity contribution in [3.63, 3.8) is 0 Å². The van der Waals surface area contributed by atoms with E-state index >= 15 is 0 Å². The van der Waals surface area contributed by atoms with Crippen molar-refractivity contribution in [1.82, 2.24) is 14.1 Å². The summed E-state index contributed by atoms with van der Waals surface area (Å²) in [6, 6.07) is 9.08. The highest BCUT2D eigenvalue weighted by atomic mass is 35.5. The molecular weight excluding hydrogens is 342 g/mol. The Labute approximate surface area is 148 Å². The van der Waals surface area contributed by atoms with Crippen molar-refractivity contribution in [3.05, 3.63) is 69.2 Å². The Morgan fingerprint density at radius 3 is 3.00 bits per heavy atom. The summed E-state index contributed by atoms with van der Waals surface area (Å²) in [5.74, 6) is -0.199. The molecule has 0 bridgehead atoms. The number of nitrogens with zero attached hydrogens (tertiary/aromatic N) is 3. The van der Waals surface area contributed by atoms with E-state index < -0.39 is 11.5 Å². The predicted octanol–water partition coefficient (Wildman–Crippen LogP) is 2.89. The number of ether oxygens (including phenoxy) is 1. The Bertz CT molecular complexity index is 1050. The molecule has 0 saturated carbocycles. The number of hydrogen-bond donors (Lipinski definition) is 0. The summed E-state index contributed by atoms with van der Waals surface area (Å²) < 4.78 is 8.42. The Morgan fingerprint density at radius 1 is 1.36 bits per heavy atom. The number of hydrogen-bond acceptors (Lipinski definition) is 4. The van der Waals surface area contributed by atoms with Gasteiger partial charge < -0.3 is 9.30 Å². The molecule has 6 nitrogen and oxygen atoms in total. The van der Waals surface area contributed by atoms with Crippen LogP contribution in [0.1, 0.15) is 22.8 Å². The van der Waals surface area contributed by atoms with Crippen LogP contribution in [0.25, 0.3) is 17.2 Å². The summed E-state index contributed by atoms with van der Waals surface area (Å²) in [7, 11) is 0. The Morgan fingerprint density at radius 2 is 2.20 bits per heavy atom. The first kappa shape index (κ1) is 15.7. The molecule has 0 saturated heterocycles. The molecule has 3 heterocycles. The third-order valence-electron chi connectivity index (χ3n) is 4.14. The SMILES string of the molecule is CCOC(=O)c1cnc2n(c1=O)-c1ccc(Cl)cc1Cn1cccc1-2. The highest BCUT2D eigenvalue weighted by Gasteiger charge is 2.24. The molecule has 7 heteroatoms. The maximum absolute atomic E-state index is 13.0. The summed E-state index contributed by atoms with van der Waals surface area (Å²) in [5, 5.41) is 0.582. The maximum atomic E-state index is 13.0. The van der Waals surface area contributed by atoms with Crippen molar-refractivity contribution in [2.45, 2.75) is 13.5 Å². The highest BCUT2D eigenvalue weighted by Crippen LogP contribution is 2.29. The van der Waals surface area contributed by atoms with Crippen molar-refractivity contribution >= 4 is 17.6 Å². The second-order valence-electron chi connectivity index (χ2n) is 5.65. The molecule has 3 aromatic rings. The normalized spacial score (nSPS) is 11.9. The largest absolute Gasteiger partial charge is 0.462 e. The zero-order chi connectivity index (χ0) is 17.6. The lowest BCUT2D eigenvalue weighted by atomic mass is 10.1. The van der Waals surface area contributed by atoms with Gasteiger partial charge in [-0.2, -0.15) is 0 Å². The van der Waals surface area contributed by atoms with Gasteiger partial charge in [-0.3, -0.25) is 9.36 Å². The number of esters is 1. The van der Waals surface area contributed by atoms with Crippen molar-refractivity contribution < 1.29 is 9.53 Å². The molecular formula is C18H14ClN3O3. The van der Waals surface area contributed by atoms with Gasteiger partial charge in [0.15, 0.2) is 5.82 Å².